The molecule has 1 aliphatic heterocycles. The molecule has 3 rings (SSSR count). The molecule has 0 fully saturated rings. The molecular formula is C29H42O11. The van der Waals surface area contributed by atoms with Gasteiger partial charge in [0.25, 0.3) is 0 Å². The van der Waals surface area contributed by atoms with Crippen molar-refractivity contribution in [2.45, 2.75) is 12.8 Å². The van der Waals surface area contributed by atoms with Crippen LogP contribution in [0.3, 0.4) is 0 Å². The number of fused-ring (bicyclic) bond motifs is 1. The van der Waals surface area contributed by atoms with Crippen LogP contribution in [-0.4, -0.2) is 105 Å². The Hall–Kier alpha value is -2.80. The zero-order valence-electron chi connectivity index (χ0n) is 23.5. The highest BCUT2D eigenvalue weighted by Gasteiger charge is 2.20. The minimum atomic E-state index is 0.0212. The summed E-state index contributed by atoms with van der Waals surface area (Å²) in [6.45, 7) is 5.16. The van der Waals surface area contributed by atoms with Crippen molar-refractivity contribution in [1.29, 1.82) is 0 Å². The van der Waals surface area contributed by atoms with E-state index in [0.29, 0.717) is 89.9 Å². The lowest BCUT2D eigenvalue weighted by Crippen LogP contribution is -2.14. The first-order valence-corrected chi connectivity index (χ1v) is 13.5. The van der Waals surface area contributed by atoms with Crippen LogP contribution in [0.4, 0.5) is 0 Å². The van der Waals surface area contributed by atoms with Gasteiger partial charge in [-0.1, -0.05) is 0 Å². The standard InChI is InChI=1S/C29H42O11/c1-31-25-17-23(18-26(21-25)32-2)3-4-24-19-27(29-28(20-24)39-22-40-29)38-16-15-37-14-13-36-12-11-35-10-9-34-8-7-33-6-5-30/h17-21,30H,3-16,22H2,1-2H3. The molecule has 11 nitrogen and oxygen atoms in total. The van der Waals surface area contributed by atoms with Gasteiger partial charge in [0.15, 0.2) is 11.5 Å². The second kappa shape index (κ2) is 19.3. The number of hydrogen-bond donors (Lipinski definition) is 1. The van der Waals surface area contributed by atoms with Gasteiger partial charge in [0, 0.05) is 6.07 Å². The molecule has 0 radical (unpaired) electrons. The number of methoxy groups -OCH3 is 2. The van der Waals surface area contributed by atoms with Crippen molar-refractivity contribution < 1.29 is 52.5 Å². The second-order valence-electron chi connectivity index (χ2n) is 8.68. The van der Waals surface area contributed by atoms with Gasteiger partial charge >= 0.3 is 0 Å². The molecule has 224 valence electrons. The second-order valence-corrected chi connectivity index (χ2v) is 8.68. The third-order valence-corrected chi connectivity index (χ3v) is 5.82. The van der Waals surface area contributed by atoms with Crippen molar-refractivity contribution in [3.63, 3.8) is 0 Å². The Morgan fingerprint density at radius 3 is 1.62 bits per heavy atom. The summed E-state index contributed by atoms with van der Waals surface area (Å²) in [6.07, 6.45) is 1.59. The number of aryl methyl sites for hydroxylation is 2. The highest BCUT2D eigenvalue weighted by molar-refractivity contribution is 5.55. The lowest BCUT2D eigenvalue weighted by Gasteiger charge is -2.12. The Morgan fingerprint density at radius 1 is 0.600 bits per heavy atom. The molecule has 0 aliphatic carbocycles. The molecule has 1 aliphatic rings. The molecule has 2 aromatic rings. The lowest BCUT2D eigenvalue weighted by molar-refractivity contribution is -0.0147. The van der Waals surface area contributed by atoms with E-state index in [2.05, 4.69) is 0 Å². The van der Waals surface area contributed by atoms with Gasteiger partial charge in [0.2, 0.25) is 12.5 Å². The molecule has 0 bridgehead atoms. The molecule has 0 saturated carbocycles. The van der Waals surface area contributed by atoms with Gasteiger partial charge in [-0.25, -0.2) is 0 Å². The van der Waals surface area contributed by atoms with E-state index in [1.807, 2.05) is 30.3 Å². The summed E-state index contributed by atoms with van der Waals surface area (Å²) >= 11 is 0. The molecule has 0 aromatic heterocycles. The number of rotatable bonds is 23. The molecular weight excluding hydrogens is 524 g/mol. The molecule has 0 amide bonds. The van der Waals surface area contributed by atoms with E-state index in [-0.39, 0.29) is 13.4 Å². The van der Waals surface area contributed by atoms with Crippen LogP contribution >= 0.6 is 0 Å². The van der Waals surface area contributed by atoms with Crippen LogP contribution in [0, 0.1) is 0 Å². The summed E-state index contributed by atoms with van der Waals surface area (Å²) in [7, 11) is 3.29. The Morgan fingerprint density at radius 2 is 1.10 bits per heavy atom. The van der Waals surface area contributed by atoms with E-state index in [1.165, 1.54) is 0 Å². The van der Waals surface area contributed by atoms with Crippen LogP contribution in [-0.2, 0) is 36.5 Å². The number of aliphatic hydroxyl groups is 1. The van der Waals surface area contributed by atoms with Gasteiger partial charge < -0.3 is 52.5 Å². The maximum absolute atomic E-state index is 8.60. The third kappa shape index (κ3) is 11.7. The molecule has 2 aromatic carbocycles. The van der Waals surface area contributed by atoms with Gasteiger partial charge in [-0.05, 0) is 48.2 Å². The molecule has 1 N–H and O–H groups in total. The Labute approximate surface area is 236 Å². The first kappa shape index (κ1) is 31.7. The maximum Gasteiger partial charge on any atom is 0.231 e. The van der Waals surface area contributed by atoms with Crippen LogP contribution in [0.5, 0.6) is 28.7 Å². The minimum Gasteiger partial charge on any atom is -0.497 e. The van der Waals surface area contributed by atoms with E-state index in [4.69, 9.17) is 52.5 Å². The highest BCUT2D eigenvalue weighted by atomic mass is 16.7. The Kier molecular flexibility index (Phi) is 15.3. The molecule has 0 spiro atoms. The minimum absolute atomic E-state index is 0.0212. The van der Waals surface area contributed by atoms with E-state index >= 15 is 0 Å². The first-order valence-electron chi connectivity index (χ1n) is 13.5. The maximum atomic E-state index is 8.60. The molecule has 40 heavy (non-hydrogen) atoms. The fourth-order valence-electron chi connectivity index (χ4n) is 3.84. The number of benzene rings is 2. The topological polar surface area (TPSA) is 113 Å². The first-order chi connectivity index (χ1) is 19.7. The number of hydrogen-bond acceptors (Lipinski definition) is 11. The van der Waals surface area contributed by atoms with Crippen molar-refractivity contribution in [3.8, 4) is 28.7 Å². The monoisotopic (exact) mass is 566 g/mol. The number of aliphatic hydroxyl groups excluding tert-OH is 1. The highest BCUT2D eigenvalue weighted by Crippen LogP contribution is 2.42. The van der Waals surface area contributed by atoms with Gasteiger partial charge in [-0.15, -0.1) is 0 Å². The van der Waals surface area contributed by atoms with Crippen LogP contribution in [0.1, 0.15) is 11.1 Å². The normalized spacial score (nSPS) is 12.1. The molecule has 0 atom stereocenters. The van der Waals surface area contributed by atoms with Gasteiger partial charge in [-0.3, -0.25) is 0 Å². The summed E-state index contributed by atoms with van der Waals surface area (Å²) < 4.78 is 55.0. The van der Waals surface area contributed by atoms with Crippen molar-refractivity contribution in [2.75, 3.05) is 100 Å². The van der Waals surface area contributed by atoms with Gasteiger partial charge in [0.1, 0.15) is 18.1 Å². The van der Waals surface area contributed by atoms with Crippen molar-refractivity contribution in [3.05, 3.63) is 41.5 Å². The van der Waals surface area contributed by atoms with Crippen molar-refractivity contribution in [2.24, 2.45) is 0 Å². The van der Waals surface area contributed by atoms with Crippen LogP contribution in [0.15, 0.2) is 30.3 Å². The zero-order chi connectivity index (χ0) is 28.3. The summed E-state index contributed by atoms with van der Waals surface area (Å²) in [5.41, 5.74) is 2.19. The third-order valence-electron chi connectivity index (χ3n) is 5.82. The smallest absolute Gasteiger partial charge is 0.231 e. The lowest BCUT2D eigenvalue weighted by atomic mass is 10.0. The Bertz CT molecular complexity index is 947. The molecule has 0 unspecified atom stereocenters. The van der Waals surface area contributed by atoms with Gasteiger partial charge in [-0.2, -0.15) is 0 Å². The summed E-state index contributed by atoms with van der Waals surface area (Å²) in [4.78, 5) is 0. The molecule has 1 heterocycles. The zero-order valence-corrected chi connectivity index (χ0v) is 23.5. The van der Waals surface area contributed by atoms with E-state index in [1.54, 1.807) is 14.2 Å². The average molecular weight is 567 g/mol. The van der Waals surface area contributed by atoms with Crippen molar-refractivity contribution >= 4 is 0 Å². The van der Waals surface area contributed by atoms with E-state index < -0.39 is 0 Å². The quantitative estimate of drug-likeness (QED) is 0.200. The number of ether oxygens (including phenoxy) is 10. The summed E-state index contributed by atoms with van der Waals surface area (Å²) in [5, 5.41) is 8.60. The predicted molar refractivity (Wildman–Crippen MR) is 146 cm³/mol. The largest absolute Gasteiger partial charge is 0.497 e. The van der Waals surface area contributed by atoms with E-state index in [9.17, 15) is 0 Å². The van der Waals surface area contributed by atoms with Crippen LogP contribution in [0.25, 0.3) is 0 Å². The van der Waals surface area contributed by atoms with Gasteiger partial charge in [0.05, 0.1) is 86.9 Å². The predicted octanol–water partition coefficient (Wildman–Crippen LogP) is 2.67. The fourth-order valence-corrected chi connectivity index (χ4v) is 3.84. The molecule has 0 saturated heterocycles. The summed E-state index contributed by atoms with van der Waals surface area (Å²) in [6, 6.07) is 9.87. The molecule has 11 heteroatoms. The Balaban J connectivity index is 1.27. The van der Waals surface area contributed by atoms with E-state index in [0.717, 1.165) is 35.5 Å². The average Bonchev–Trinajstić information content (AvgIpc) is 3.46. The van der Waals surface area contributed by atoms with Crippen LogP contribution in [0.2, 0.25) is 0 Å². The SMILES string of the molecule is COc1cc(CCc2cc(OCCOCCOCCOCCOCCOCCO)c3c(c2)OCO3)cc(OC)c1. The summed E-state index contributed by atoms with van der Waals surface area (Å²) in [5.74, 6) is 3.48. The fraction of sp³-hybridized carbons (Fsp3) is 0.586. The van der Waals surface area contributed by atoms with Crippen LogP contribution < -0.4 is 23.7 Å². The van der Waals surface area contributed by atoms with Crippen molar-refractivity contribution in [1.82, 2.24) is 0 Å².